The van der Waals surface area contributed by atoms with Gasteiger partial charge in [-0.15, -0.1) is 0 Å². The van der Waals surface area contributed by atoms with Crippen molar-refractivity contribution in [2.24, 2.45) is 0 Å². The highest BCUT2D eigenvalue weighted by Crippen LogP contribution is 2.17. The number of ether oxygens (including phenoxy) is 3. The molecule has 0 spiro atoms. The van der Waals surface area contributed by atoms with Crippen molar-refractivity contribution in [3.63, 3.8) is 0 Å². The van der Waals surface area contributed by atoms with E-state index in [0.717, 1.165) is 77.0 Å². The second kappa shape index (κ2) is 62.9. The first-order chi connectivity index (χ1) is 36.5. The SMILES string of the molecule is CCC/C=C\CCCCCCCC(=O)OCC(COC(=O)CCCCCCCCCCCCCCCCCCC/C=C\C/C=C\CCCCCCC)OC(=O)CCCCCCCCC/C=C\CCCCCCCC. The fourth-order valence-electron chi connectivity index (χ4n) is 9.59. The maximum Gasteiger partial charge on any atom is 0.306 e. The van der Waals surface area contributed by atoms with E-state index in [1.54, 1.807) is 0 Å². The lowest BCUT2D eigenvalue weighted by atomic mass is 10.0. The van der Waals surface area contributed by atoms with Crippen LogP contribution in [0.3, 0.4) is 0 Å². The van der Waals surface area contributed by atoms with Crippen LogP contribution in [0.25, 0.3) is 0 Å². The van der Waals surface area contributed by atoms with Gasteiger partial charge in [0.1, 0.15) is 13.2 Å². The number of hydrogen-bond donors (Lipinski definition) is 0. The van der Waals surface area contributed by atoms with Crippen LogP contribution in [0, 0.1) is 0 Å². The minimum Gasteiger partial charge on any atom is -0.462 e. The van der Waals surface area contributed by atoms with Gasteiger partial charge in [-0.1, -0.05) is 281 Å². The minimum absolute atomic E-state index is 0.0743. The van der Waals surface area contributed by atoms with Gasteiger partial charge in [0, 0.05) is 19.3 Å². The Morgan fingerprint density at radius 1 is 0.270 bits per heavy atom. The van der Waals surface area contributed by atoms with Crippen molar-refractivity contribution in [2.45, 2.75) is 354 Å². The first kappa shape index (κ1) is 71.4. The summed E-state index contributed by atoms with van der Waals surface area (Å²) in [5, 5.41) is 0. The van der Waals surface area contributed by atoms with E-state index < -0.39 is 6.10 Å². The van der Waals surface area contributed by atoms with Crippen LogP contribution in [0.4, 0.5) is 0 Å². The number of rotatable bonds is 60. The molecule has 74 heavy (non-hydrogen) atoms. The molecule has 0 heterocycles. The quantitative estimate of drug-likeness (QED) is 0.0261. The molecule has 0 bridgehead atoms. The number of hydrogen-bond acceptors (Lipinski definition) is 6. The lowest BCUT2D eigenvalue weighted by Gasteiger charge is -2.18. The third-order valence-electron chi connectivity index (χ3n) is 14.5. The first-order valence-corrected chi connectivity index (χ1v) is 32.6. The number of carbonyl (C=O) groups excluding carboxylic acids is 3. The molecular weight excluding hydrogens is 913 g/mol. The molecule has 0 aromatic heterocycles. The molecule has 0 fully saturated rings. The summed E-state index contributed by atoms with van der Waals surface area (Å²) in [6.45, 7) is 6.60. The number of esters is 3. The molecule has 0 radical (unpaired) electrons. The summed E-state index contributed by atoms with van der Waals surface area (Å²) in [5.41, 5.74) is 0. The van der Waals surface area contributed by atoms with E-state index in [9.17, 15) is 14.4 Å². The lowest BCUT2D eigenvalue weighted by molar-refractivity contribution is -0.167. The molecule has 0 saturated carbocycles. The van der Waals surface area contributed by atoms with E-state index in [1.165, 1.54) is 231 Å². The smallest absolute Gasteiger partial charge is 0.306 e. The molecule has 0 aliphatic rings. The third-order valence-corrected chi connectivity index (χ3v) is 14.5. The molecule has 0 aromatic carbocycles. The van der Waals surface area contributed by atoms with Crippen molar-refractivity contribution < 1.29 is 28.6 Å². The lowest BCUT2D eigenvalue weighted by Crippen LogP contribution is -2.30. The van der Waals surface area contributed by atoms with Crippen molar-refractivity contribution in [1.29, 1.82) is 0 Å². The zero-order valence-corrected chi connectivity index (χ0v) is 49.6. The average Bonchev–Trinajstić information content (AvgIpc) is 3.40. The van der Waals surface area contributed by atoms with Crippen molar-refractivity contribution in [3.8, 4) is 0 Å². The van der Waals surface area contributed by atoms with Gasteiger partial charge in [-0.3, -0.25) is 14.4 Å². The molecule has 0 aliphatic heterocycles. The summed E-state index contributed by atoms with van der Waals surface area (Å²) in [4.78, 5) is 38.2. The first-order valence-electron chi connectivity index (χ1n) is 32.6. The normalized spacial score (nSPS) is 12.3. The van der Waals surface area contributed by atoms with Crippen LogP contribution in [-0.4, -0.2) is 37.2 Å². The Labute approximate surface area is 460 Å². The van der Waals surface area contributed by atoms with E-state index in [-0.39, 0.29) is 31.1 Å². The molecule has 0 amide bonds. The van der Waals surface area contributed by atoms with Gasteiger partial charge in [0.05, 0.1) is 0 Å². The topological polar surface area (TPSA) is 78.9 Å². The summed E-state index contributed by atoms with van der Waals surface area (Å²) < 4.78 is 16.9. The van der Waals surface area contributed by atoms with Crippen molar-refractivity contribution in [1.82, 2.24) is 0 Å². The molecule has 432 valence electrons. The van der Waals surface area contributed by atoms with E-state index in [0.29, 0.717) is 19.3 Å². The second-order valence-corrected chi connectivity index (χ2v) is 22.0. The molecule has 0 rings (SSSR count). The summed E-state index contributed by atoms with van der Waals surface area (Å²) >= 11 is 0. The van der Waals surface area contributed by atoms with E-state index in [1.807, 2.05) is 0 Å². The van der Waals surface area contributed by atoms with Crippen LogP contribution < -0.4 is 0 Å². The molecule has 0 saturated heterocycles. The van der Waals surface area contributed by atoms with Crippen LogP contribution in [0.2, 0.25) is 0 Å². The third kappa shape index (κ3) is 60.2. The van der Waals surface area contributed by atoms with Crippen LogP contribution in [-0.2, 0) is 28.6 Å². The maximum absolute atomic E-state index is 12.9. The van der Waals surface area contributed by atoms with Gasteiger partial charge in [0.2, 0.25) is 0 Å². The monoisotopic (exact) mass is 1040 g/mol. The van der Waals surface area contributed by atoms with Crippen molar-refractivity contribution in [2.75, 3.05) is 13.2 Å². The predicted octanol–water partition coefficient (Wildman–Crippen LogP) is 22.2. The largest absolute Gasteiger partial charge is 0.462 e. The molecule has 0 aliphatic carbocycles. The number of carbonyl (C=O) groups is 3. The Kier molecular flexibility index (Phi) is 60.7. The van der Waals surface area contributed by atoms with Crippen LogP contribution >= 0.6 is 0 Å². The minimum atomic E-state index is -0.777. The Bertz CT molecular complexity index is 1280. The number of allylic oxidation sites excluding steroid dienone is 8. The Balaban J connectivity index is 4.13. The summed E-state index contributed by atoms with van der Waals surface area (Å²) in [5.74, 6) is -0.872. The van der Waals surface area contributed by atoms with Crippen LogP contribution in [0.5, 0.6) is 0 Å². The van der Waals surface area contributed by atoms with E-state index in [4.69, 9.17) is 14.2 Å². The zero-order chi connectivity index (χ0) is 53.6. The van der Waals surface area contributed by atoms with Gasteiger partial charge in [-0.05, 0) is 96.3 Å². The van der Waals surface area contributed by atoms with Gasteiger partial charge in [0.25, 0.3) is 0 Å². The van der Waals surface area contributed by atoms with Crippen LogP contribution in [0.15, 0.2) is 48.6 Å². The predicted molar refractivity (Wildman–Crippen MR) is 321 cm³/mol. The summed E-state index contributed by atoms with van der Waals surface area (Å²) in [6.07, 6.45) is 78.5. The molecule has 0 aromatic rings. The highest BCUT2D eigenvalue weighted by Gasteiger charge is 2.19. The van der Waals surface area contributed by atoms with Gasteiger partial charge in [0.15, 0.2) is 6.10 Å². The molecule has 1 unspecified atom stereocenters. The van der Waals surface area contributed by atoms with Gasteiger partial charge in [-0.25, -0.2) is 0 Å². The molecule has 0 N–H and O–H groups in total. The number of unbranched alkanes of at least 4 members (excludes halogenated alkanes) is 41. The second-order valence-electron chi connectivity index (χ2n) is 22.0. The molecular formula is C68H124O6. The Morgan fingerprint density at radius 2 is 0.514 bits per heavy atom. The molecule has 6 nitrogen and oxygen atoms in total. The van der Waals surface area contributed by atoms with E-state index in [2.05, 4.69) is 69.4 Å². The summed E-state index contributed by atoms with van der Waals surface area (Å²) in [7, 11) is 0. The van der Waals surface area contributed by atoms with Crippen molar-refractivity contribution >= 4 is 17.9 Å². The standard InChI is InChI=1S/C68H124O6/c1-4-7-10-13-16-19-22-24-26-28-29-30-31-32-33-34-35-36-37-38-39-41-42-44-46-49-52-55-58-61-67(70)73-64-65(63-72-66(69)60-57-54-51-48-21-18-15-12-9-6-3)74-68(71)62-59-56-53-50-47-45-43-40-27-25-23-20-17-14-11-8-5-2/h12,15,22,24-25,27-29,65H,4-11,13-14,16-21,23,26,30-64H2,1-3H3/b15-12-,24-22-,27-25-,29-28-. The van der Waals surface area contributed by atoms with Crippen molar-refractivity contribution in [3.05, 3.63) is 48.6 Å². The average molecular weight is 1040 g/mol. The fourth-order valence-corrected chi connectivity index (χ4v) is 9.59. The van der Waals surface area contributed by atoms with Gasteiger partial charge in [-0.2, -0.15) is 0 Å². The van der Waals surface area contributed by atoms with E-state index >= 15 is 0 Å². The fraction of sp³-hybridized carbons (Fsp3) is 0.838. The zero-order valence-electron chi connectivity index (χ0n) is 49.6. The molecule has 6 heteroatoms. The highest BCUT2D eigenvalue weighted by molar-refractivity contribution is 5.71. The van der Waals surface area contributed by atoms with Gasteiger partial charge < -0.3 is 14.2 Å². The Morgan fingerprint density at radius 3 is 0.811 bits per heavy atom. The summed E-state index contributed by atoms with van der Waals surface area (Å²) in [6, 6.07) is 0. The maximum atomic E-state index is 12.9. The Hall–Kier alpha value is -2.63. The molecule has 1 atom stereocenters. The van der Waals surface area contributed by atoms with Gasteiger partial charge >= 0.3 is 17.9 Å². The highest BCUT2D eigenvalue weighted by atomic mass is 16.6. The van der Waals surface area contributed by atoms with Crippen LogP contribution in [0.1, 0.15) is 348 Å².